The molecule has 1 N–H and O–H groups in total. The average molecular weight is 223 g/mol. The number of hydrogen-bond donors (Lipinski definition) is 1. The van der Waals surface area contributed by atoms with Gasteiger partial charge in [-0.2, -0.15) is 0 Å². The number of rotatable bonds is 4. The van der Waals surface area contributed by atoms with E-state index in [0.29, 0.717) is 13.1 Å². The van der Waals surface area contributed by atoms with E-state index in [9.17, 15) is 13.6 Å². The maximum atomic E-state index is 13.4. The van der Waals surface area contributed by atoms with Crippen LogP contribution in [0.5, 0.6) is 0 Å². The van der Waals surface area contributed by atoms with Crippen molar-refractivity contribution >= 4 is 5.97 Å². The molecule has 4 nitrogen and oxygen atoms in total. The van der Waals surface area contributed by atoms with Crippen LogP contribution in [0, 0.1) is 0 Å². The van der Waals surface area contributed by atoms with Crippen molar-refractivity contribution in [2.24, 2.45) is 0 Å². The van der Waals surface area contributed by atoms with E-state index in [2.05, 4.69) is 4.74 Å². The molecule has 0 aliphatic carbocycles. The highest BCUT2D eigenvalue weighted by atomic mass is 19.3. The van der Waals surface area contributed by atoms with Crippen molar-refractivity contribution in [2.75, 3.05) is 26.2 Å². The van der Waals surface area contributed by atoms with E-state index in [4.69, 9.17) is 5.11 Å². The topological polar surface area (TPSA) is 49.8 Å². The second kappa shape index (κ2) is 4.85. The molecular formula is C9H15F2NO3. The van der Waals surface area contributed by atoms with Gasteiger partial charge >= 0.3 is 5.97 Å². The van der Waals surface area contributed by atoms with Crippen LogP contribution in [0.3, 0.4) is 0 Å². The van der Waals surface area contributed by atoms with Crippen LogP contribution in [0.25, 0.3) is 0 Å². The molecule has 0 saturated carbocycles. The molecule has 0 spiro atoms. The SMILES string of the molecule is CCN1CCC(OCC(=O)O)C(F)(F)C1. The number of carbonyl (C=O) groups is 1. The van der Waals surface area contributed by atoms with Gasteiger partial charge < -0.3 is 9.84 Å². The van der Waals surface area contributed by atoms with Crippen LogP contribution < -0.4 is 0 Å². The van der Waals surface area contributed by atoms with Crippen molar-refractivity contribution in [1.29, 1.82) is 0 Å². The van der Waals surface area contributed by atoms with Gasteiger partial charge in [-0.15, -0.1) is 0 Å². The summed E-state index contributed by atoms with van der Waals surface area (Å²) in [6, 6.07) is 0. The number of alkyl halides is 2. The van der Waals surface area contributed by atoms with E-state index in [-0.39, 0.29) is 13.0 Å². The standard InChI is InChI=1S/C9H15F2NO3/c1-2-12-4-3-7(9(10,11)6-12)15-5-8(13)14/h7H,2-6H2,1H3,(H,13,14). The van der Waals surface area contributed by atoms with Crippen LogP contribution in [0.4, 0.5) is 8.78 Å². The van der Waals surface area contributed by atoms with Crippen molar-refractivity contribution in [3.05, 3.63) is 0 Å². The molecule has 0 aromatic heterocycles. The van der Waals surface area contributed by atoms with E-state index in [1.165, 1.54) is 0 Å². The minimum atomic E-state index is -2.95. The first kappa shape index (κ1) is 12.3. The maximum Gasteiger partial charge on any atom is 0.329 e. The molecule has 0 radical (unpaired) electrons. The van der Waals surface area contributed by atoms with Crippen LogP contribution >= 0.6 is 0 Å². The molecule has 1 atom stereocenters. The predicted octanol–water partition coefficient (Wildman–Crippen LogP) is 0.817. The van der Waals surface area contributed by atoms with Gasteiger partial charge in [0.15, 0.2) is 0 Å². The van der Waals surface area contributed by atoms with Gasteiger partial charge in [0.1, 0.15) is 12.7 Å². The Labute approximate surface area is 86.8 Å². The number of carboxylic acids is 1. The van der Waals surface area contributed by atoms with Crippen molar-refractivity contribution < 1.29 is 23.4 Å². The minimum Gasteiger partial charge on any atom is -0.480 e. The summed E-state index contributed by atoms with van der Waals surface area (Å²) >= 11 is 0. The molecule has 15 heavy (non-hydrogen) atoms. The first-order chi connectivity index (χ1) is 6.95. The summed E-state index contributed by atoms with van der Waals surface area (Å²) in [7, 11) is 0. The molecule has 1 heterocycles. The van der Waals surface area contributed by atoms with E-state index in [1.54, 1.807) is 4.90 Å². The van der Waals surface area contributed by atoms with Crippen LogP contribution in [0.15, 0.2) is 0 Å². The zero-order valence-electron chi connectivity index (χ0n) is 8.58. The normalized spacial score (nSPS) is 26.5. The maximum absolute atomic E-state index is 13.4. The van der Waals surface area contributed by atoms with Crippen LogP contribution in [-0.2, 0) is 9.53 Å². The fourth-order valence-corrected chi connectivity index (χ4v) is 1.64. The zero-order chi connectivity index (χ0) is 11.5. The largest absolute Gasteiger partial charge is 0.480 e. The molecule has 1 rings (SSSR count). The summed E-state index contributed by atoms with van der Waals surface area (Å²) in [4.78, 5) is 11.8. The Morgan fingerprint density at radius 2 is 2.33 bits per heavy atom. The number of ether oxygens (including phenoxy) is 1. The molecule has 0 bridgehead atoms. The fourth-order valence-electron chi connectivity index (χ4n) is 1.64. The van der Waals surface area contributed by atoms with Gasteiger partial charge in [0.25, 0.3) is 5.92 Å². The Bertz CT molecular complexity index is 235. The molecule has 0 amide bonds. The molecule has 0 aromatic rings. The van der Waals surface area contributed by atoms with Crippen molar-refractivity contribution in [2.45, 2.75) is 25.4 Å². The lowest BCUT2D eigenvalue weighted by Crippen LogP contribution is -2.52. The highest BCUT2D eigenvalue weighted by molar-refractivity contribution is 5.68. The lowest BCUT2D eigenvalue weighted by Gasteiger charge is -2.37. The molecular weight excluding hydrogens is 208 g/mol. The lowest BCUT2D eigenvalue weighted by molar-refractivity contribution is -0.181. The summed E-state index contributed by atoms with van der Waals surface area (Å²) in [5.74, 6) is -4.17. The van der Waals surface area contributed by atoms with Crippen LogP contribution in [-0.4, -0.2) is 54.2 Å². The number of halogens is 2. The molecule has 1 fully saturated rings. The number of likely N-dealkylation sites (tertiary alicyclic amines) is 1. The Hall–Kier alpha value is -0.750. The second-order valence-electron chi connectivity index (χ2n) is 3.61. The third kappa shape index (κ3) is 3.39. The smallest absolute Gasteiger partial charge is 0.329 e. The highest BCUT2D eigenvalue weighted by Gasteiger charge is 2.45. The van der Waals surface area contributed by atoms with E-state index >= 15 is 0 Å². The van der Waals surface area contributed by atoms with E-state index < -0.39 is 24.6 Å². The minimum absolute atomic E-state index is 0.175. The Morgan fingerprint density at radius 1 is 1.67 bits per heavy atom. The molecule has 0 aromatic carbocycles. The first-order valence-corrected chi connectivity index (χ1v) is 4.89. The average Bonchev–Trinajstić information content (AvgIpc) is 2.14. The number of piperidine rings is 1. The quantitative estimate of drug-likeness (QED) is 0.766. The van der Waals surface area contributed by atoms with Gasteiger partial charge in [0.2, 0.25) is 0 Å². The summed E-state index contributed by atoms with van der Waals surface area (Å²) in [6.07, 6.45) is -1.09. The first-order valence-electron chi connectivity index (χ1n) is 4.89. The molecule has 1 aliphatic heterocycles. The van der Waals surface area contributed by atoms with Gasteiger partial charge in [0, 0.05) is 6.54 Å². The Balaban J connectivity index is 2.48. The zero-order valence-corrected chi connectivity index (χ0v) is 8.58. The molecule has 1 saturated heterocycles. The predicted molar refractivity (Wildman–Crippen MR) is 49.1 cm³/mol. The molecule has 6 heteroatoms. The summed E-state index contributed by atoms with van der Waals surface area (Å²) in [5.41, 5.74) is 0. The second-order valence-corrected chi connectivity index (χ2v) is 3.61. The van der Waals surface area contributed by atoms with Gasteiger partial charge in [-0.3, -0.25) is 4.90 Å². The molecule has 1 unspecified atom stereocenters. The fraction of sp³-hybridized carbons (Fsp3) is 0.889. The number of nitrogens with zero attached hydrogens (tertiary/aromatic N) is 1. The third-order valence-corrected chi connectivity index (χ3v) is 2.47. The Kier molecular flexibility index (Phi) is 3.98. The molecule has 88 valence electrons. The number of aliphatic carboxylic acids is 1. The number of hydrogen-bond acceptors (Lipinski definition) is 3. The lowest BCUT2D eigenvalue weighted by atomic mass is 10.0. The monoisotopic (exact) mass is 223 g/mol. The van der Waals surface area contributed by atoms with E-state index in [0.717, 1.165) is 0 Å². The van der Waals surface area contributed by atoms with E-state index in [1.807, 2.05) is 6.92 Å². The van der Waals surface area contributed by atoms with Gasteiger partial charge in [0.05, 0.1) is 6.54 Å². The Morgan fingerprint density at radius 3 is 2.80 bits per heavy atom. The van der Waals surface area contributed by atoms with Gasteiger partial charge in [-0.05, 0) is 13.0 Å². The van der Waals surface area contributed by atoms with Crippen molar-refractivity contribution in [3.63, 3.8) is 0 Å². The summed E-state index contributed by atoms with van der Waals surface area (Å²) < 4.78 is 31.5. The summed E-state index contributed by atoms with van der Waals surface area (Å²) in [5, 5.41) is 8.33. The van der Waals surface area contributed by atoms with Crippen LogP contribution in [0.1, 0.15) is 13.3 Å². The van der Waals surface area contributed by atoms with Crippen molar-refractivity contribution in [1.82, 2.24) is 4.90 Å². The summed E-state index contributed by atoms with van der Waals surface area (Å²) in [6.45, 7) is 1.90. The number of carboxylic acid groups (broad SMARTS) is 1. The van der Waals surface area contributed by atoms with Gasteiger partial charge in [-0.1, -0.05) is 6.92 Å². The highest BCUT2D eigenvalue weighted by Crippen LogP contribution is 2.29. The third-order valence-electron chi connectivity index (χ3n) is 2.47. The van der Waals surface area contributed by atoms with Crippen molar-refractivity contribution in [3.8, 4) is 0 Å². The van der Waals surface area contributed by atoms with Crippen LogP contribution in [0.2, 0.25) is 0 Å². The molecule has 1 aliphatic rings. The van der Waals surface area contributed by atoms with Gasteiger partial charge in [-0.25, -0.2) is 13.6 Å².